The number of hydrogen-bond donors (Lipinski definition) is 6. The predicted molar refractivity (Wildman–Crippen MR) is 101 cm³/mol. The minimum atomic E-state index is -1.23. The van der Waals surface area contributed by atoms with Crippen molar-refractivity contribution in [2.45, 2.75) is 25.3 Å². The van der Waals surface area contributed by atoms with Gasteiger partial charge in [-0.15, -0.1) is 0 Å². The normalized spacial score (nSPS) is 11.1. The summed E-state index contributed by atoms with van der Waals surface area (Å²) in [5, 5.41) is 27.1. The Morgan fingerprint density at radius 1 is 0.963 bits per heavy atom. The molecule has 0 saturated carbocycles. The second kappa shape index (κ2) is 11.7. The lowest BCUT2D eigenvalue weighted by Crippen LogP contribution is -2.47. The SMILES string of the molecule is O=C(O)CNC(=O)NC(CCCCNC(=O)Nc1ccc(Br)cc1)C(=O)O. The molecule has 0 fully saturated rings. The number of unbranched alkanes of at least 4 members (excludes halogenated alkanes) is 1. The maximum absolute atomic E-state index is 11.7. The van der Waals surface area contributed by atoms with Gasteiger partial charge in [-0.3, -0.25) is 4.79 Å². The van der Waals surface area contributed by atoms with E-state index in [1.807, 2.05) is 5.32 Å². The van der Waals surface area contributed by atoms with E-state index in [9.17, 15) is 19.2 Å². The molecule has 148 valence electrons. The van der Waals surface area contributed by atoms with Crippen LogP contribution in [0.2, 0.25) is 0 Å². The molecule has 0 radical (unpaired) electrons. The molecule has 11 heteroatoms. The highest BCUT2D eigenvalue weighted by molar-refractivity contribution is 9.10. The summed E-state index contributed by atoms with van der Waals surface area (Å²) < 4.78 is 0.895. The summed E-state index contributed by atoms with van der Waals surface area (Å²) in [7, 11) is 0. The molecule has 0 aliphatic heterocycles. The molecule has 0 heterocycles. The first-order chi connectivity index (χ1) is 12.8. The van der Waals surface area contributed by atoms with E-state index < -0.39 is 30.6 Å². The Morgan fingerprint density at radius 2 is 1.63 bits per heavy atom. The molecule has 1 rings (SSSR count). The number of hydrogen-bond acceptors (Lipinski definition) is 4. The van der Waals surface area contributed by atoms with Crippen molar-refractivity contribution in [3.05, 3.63) is 28.7 Å². The number of rotatable bonds is 10. The second-order valence-electron chi connectivity index (χ2n) is 5.50. The van der Waals surface area contributed by atoms with E-state index in [-0.39, 0.29) is 12.5 Å². The van der Waals surface area contributed by atoms with Gasteiger partial charge < -0.3 is 31.5 Å². The third kappa shape index (κ3) is 10.0. The van der Waals surface area contributed by atoms with Crippen molar-refractivity contribution < 1.29 is 29.4 Å². The van der Waals surface area contributed by atoms with Gasteiger partial charge >= 0.3 is 24.0 Å². The first-order valence-corrected chi connectivity index (χ1v) is 8.86. The zero-order valence-corrected chi connectivity index (χ0v) is 15.9. The first-order valence-electron chi connectivity index (χ1n) is 8.07. The van der Waals surface area contributed by atoms with Crippen molar-refractivity contribution in [3.63, 3.8) is 0 Å². The maximum Gasteiger partial charge on any atom is 0.326 e. The van der Waals surface area contributed by atoms with E-state index >= 15 is 0 Å². The summed E-state index contributed by atoms with van der Waals surface area (Å²) in [6.07, 6.45) is 1.09. The van der Waals surface area contributed by atoms with Crippen LogP contribution >= 0.6 is 15.9 Å². The Kier molecular flexibility index (Phi) is 9.65. The highest BCUT2D eigenvalue weighted by atomic mass is 79.9. The number of amides is 4. The van der Waals surface area contributed by atoms with Crippen LogP contribution in [-0.4, -0.2) is 53.3 Å². The molecule has 1 aromatic rings. The summed E-state index contributed by atoms with van der Waals surface area (Å²) in [5.74, 6) is -2.45. The van der Waals surface area contributed by atoms with Crippen LogP contribution in [0.1, 0.15) is 19.3 Å². The molecule has 0 spiro atoms. The van der Waals surface area contributed by atoms with Gasteiger partial charge in [-0.2, -0.15) is 0 Å². The van der Waals surface area contributed by atoms with Crippen molar-refractivity contribution in [3.8, 4) is 0 Å². The summed E-state index contributed by atoms with van der Waals surface area (Å²) in [5.41, 5.74) is 0.637. The number of carbonyl (C=O) groups is 4. The van der Waals surface area contributed by atoms with Crippen LogP contribution in [0.4, 0.5) is 15.3 Å². The number of urea groups is 2. The summed E-state index contributed by atoms with van der Waals surface area (Å²) in [6.45, 7) is -0.268. The fraction of sp³-hybridized carbons (Fsp3) is 0.375. The average molecular weight is 445 g/mol. The van der Waals surface area contributed by atoms with E-state index in [0.29, 0.717) is 25.1 Å². The minimum Gasteiger partial charge on any atom is -0.480 e. The zero-order valence-electron chi connectivity index (χ0n) is 14.3. The summed E-state index contributed by atoms with van der Waals surface area (Å²) in [6, 6.07) is 4.68. The average Bonchev–Trinajstić information content (AvgIpc) is 2.60. The molecule has 1 atom stereocenters. The van der Waals surface area contributed by atoms with Gasteiger partial charge in [-0.1, -0.05) is 15.9 Å². The smallest absolute Gasteiger partial charge is 0.326 e. The number of nitrogens with one attached hydrogen (secondary N) is 4. The monoisotopic (exact) mass is 444 g/mol. The predicted octanol–water partition coefficient (Wildman–Crippen LogP) is 1.58. The molecule has 4 amide bonds. The molecule has 0 aliphatic carbocycles. The second-order valence-corrected chi connectivity index (χ2v) is 6.41. The van der Waals surface area contributed by atoms with Gasteiger partial charge in [-0.05, 0) is 43.5 Å². The van der Waals surface area contributed by atoms with Crippen LogP contribution in [0.3, 0.4) is 0 Å². The Bertz CT molecular complexity index is 667. The lowest BCUT2D eigenvalue weighted by Gasteiger charge is -2.14. The van der Waals surface area contributed by atoms with Crippen molar-refractivity contribution in [2.75, 3.05) is 18.4 Å². The number of carboxylic acid groups (broad SMARTS) is 2. The number of carboxylic acids is 2. The van der Waals surface area contributed by atoms with Crippen molar-refractivity contribution in [2.24, 2.45) is 0 Å². The number of anilines is 1. The molecule has 0 aliphatic rings. The van der Waals surface area contributed by atoms with Crippen molar-refractivity contribution >= 4 is 45.6 Å². The molecule has 1 unspecified atom stereocenters. The number of aliphatic carboxylic acids is 2. The van der Waals surface area contributed by atoms with Gasteiger partial charge in [0, 0.05) is 16.7 Å². The molecule has 10 nitrogen and oxygen atoms in total. The standard InChI is InChI=1S/C16H21BrN4O6/c17-10-4-6-11(7-5-10)20-15(26)18-8-2-1-3-12(14(24)25)21-16(27)19-9-13(22)23/h4-7,12H,1-3,8-9H2,(H,22,23)(H,24,25)(H2,18,20,26)(H2,19,21,27). The Hall–Kier alpha value is -2.82. The third-order valence-electron chi connectivity index (χ3n) is 3.31. The van der Waals surface area contributed by atoms with Gasteiger partial charge in [-0.25, -0.2) is 14.4 Å². The highest BCUT2D eigenvalue weighted by Crippen LogP contribution is 2.13. The van der Waals surface area contributed by atoms with Gasteiger partial charge in [0.2, 0.25) is 0 Å². The van der Waals surface area contributed by atoms with Crippen LogP contribution < -0.4 is 21.3 Å². The molecule has 6 N–H and O–H groups in total. The van der Waals surface area contributed by atoms with Crippen LogP contribution in [-0.2, 0) is 9.59 Å². The highest BCUT2D eigenvalue weighted by Gasteiger charge is 2.19. The minimum absolute atomic E-state index is 0.145. The largest absolute Gasteiger partial charge is 0.480 e. The van der Waals surface area contributed by atoms with E-state index in [0.717, 1.165) is 4.47 Å². The van der Waals surface area contributed by atoms with E-state index in [4.69, 9.17) is 10.2 Å². The molecular formula is C16H21BrN4O6. The number of halogens is 1. The quantitative estimate of drug-likeness (QED) is 0.300. The fourth-order valence-corrected chi connectivity index (χ4v) is 2.27. The third-order valence-corrected chi connectivity index (χ3v) is 3.84. The van der Waals surface area contributed by atoms with Crippen LogP contribution in [0, 0.1) is 0 Å². The molecule has 0 saturated heterocycles. The van der Waals surface area contributed by atoms with E-state index in [1.165, 1.54) is 0 Å². The molecule has 1 aromatic carbocycles. The Labute approximate surface area is 163 Å². The van der Waals surface area contributed by atoms with Gasteiger partial charge in [0.1, 0.15) is 12.6 Å². The van der Waals surface area contributed by atoms with E-state index in [1.54, 1.807) is 24.3 Å². The van der Waals surface area contributed by atoms with Gasteiger partial charge in [0.15, 0.2) is 0 Å². The fourth-order valence-electron chi connectivity index (χ4n) is 2.01. The lowest BCUT2D eigenvalue weighted by atomic mass is 10.1. The van der Waals surface area contributed by atoms with Crippen LogP contribution in [0.5, 0.6) is 0 Å². The molecule has 0 bridgehead atoms. The van der Waals surface area contributed by atoms with Crippen molar-refractivity contribution in [1.82, 2.24) is 16.0 Å². The van der Waals surface area contributed by atoms with Gasteiger partial charge in [0.25, 0.3) is 0 Å². The molecular weight excluding hydrogens is 424 g/mol. The van der Waals surface area contributed by atoms with Crippen LogP contribution in [0.25, 0.3) is 0 Å². The Morgan fingerprint density at radius 3 is 2.22 bits per heavy atom. The lowest BCUT2D eigenvalue weighted by molar-refractivity contribution is -0.139. The van der Waals surface area contributed by atoms with E-state index in [2.05, 4.69) is 31.9 Å². The molecule has 27 heavy (non-hydrogen) atoms. The number of carbonyl (C=O) groups excluding carboxylic acids is 2. The van der Waals surface area contributed by atoms with Crippen molar-refractivity contribution in [1.29, 1.82) is 0 Å². The maximum atomic E-state index is 11.7. The topological polar surface area (TPSA) is 157 Å². The number of benzene rings is 1. The summed E-state index contributed by atoms with van der Waals surface area (Å²) >= 11 is 3.30. The first kappa shape index (κ1) is 22.2. The summed E-state index contributed by atoms with van der Waals surface area (Å²) in [4.78, 5) is 44.6. The Balaban J connectivity index is 2.24. The van der Waals surface area contributed by atoms with Crippen LogP contribution in [0.15, 0.2) is 28.7 Å². The zero-order chi connectivity index (χ0) is 20.2. The molecule has 0 aromatic heterocycles. The van der Waals surface area contributed by atoms with Gasteiger partial charge in [0.05, 0.1) is 0 Å².